The molecule has 0 amide bonds. The summed E-state index contributed by atoms with van der Waals surface area (Å²) in [6.45, 7) is 6.32. The molecule has 26 heavy (non-hydrogen) atoms. The number of hydrogen-bond acceptors (Lipinski definition) is 5. The molecule has 138 valence electrons. The average Bonchev–Trinajstić information content (AvgIpc) is 2.63. The first-order chi connectivity index (χ1) is 12.5. The van der Waals surface area contributed by atoms with Crippen LogP contribution in [0.3, 0.4) is 0 Å². The van der Waals surface area contributed by atoms with Crippen LogP contribution in [0.25, 0.3) is 0 Å². The van der Waals surface area contributed by atoms with Crippen molar-refractivity contribution in [3.63, 3.8) is 0 Å². The zero-order valence-corrected chi connectivity index (χ0v) is 15.5. The Balaban J connectivity index is 1.80. The van der Waals surface area contributed by atoms with Gasteiger partial charge in [0.15, 0.2) is 11.5 Å². The van der Waals surface area contributed by atoms with E-state index in [-0.39, 0.29) is 17.8 Å². The first-order valence-electron chi connectivity index (χ1n) is 9.18. The van der Waals surface area contributed by atoms with E-state index in [1.165, 1.54) is 32.3 Å². The first-order valence-corrected chi connectivity index (χ1v) is 9.18. The van der Waals surface area contributed by atoms with Crippen molar-refractivity contribution in [3.05, 3.63) is 41.7 Å². The minimum absolute atomic E-state index is 0.0767. The molecule has 1 N–H and O–H groups in total. The number of nitrogens with one attached hydrogen (secondary N) is 1. The zero-order valence-electron chi connectivity index (χ0n) is 15.5. The number of aromatic nitrogens is 3. The number of rotatable bonds is 6. The monoisotopic (exact) mass is 355 g/mol. The molecule has 5 nitrogen and oxygen atoms in total. The summed E-state index contributed by atoms with van der Waals surface area (Å²) in [7, 11) is 0. The number of nitrogens with zero attached hydrogens (tertiary/aromatic N) is 4. The van der Waals surface area contributed by atoms with Gasteiger partial charge in [-0.05, 0) is 51.3 Å². The molecule has 0 saturated heterocycles. The maximum atomic E-state index is 14.3. The summed E-state index contributed by atoms with van der Waals surface area (Å²) < 4.78 is 14.3. The van der Waals surface area contributed by atoms with Crippen molar-refractivity contribution >= 4 is 18.6 Å². The molecule has 0 aliphatic heterocycles. The van der Waals surface area contributed by atoms with Crippen molar-refractivity contribution in [2.45, 2.75) is 57.7 Å². The van der Waals surface area contributed by atoms with Crippen molar-refractivity contribution in [1.29, 1.82) is 0 Å². The summed E-state index contributed by atoms with van der Waals surface area (Å²) in [4.78, 5) is 16.4. The van der Waals surface area contributed by atoms with E-state index in [0.29, 0.717) is 11.9 Å². The topological polar surface area (TPSA) is 63.1 Å². The fourth-order valence-corrected chi connectivity index (χ4v) is 3.49. The zero-order chi connectivity index (χ0) is 18.6. The molecule has 1 aliphatic rings. The van der Waals surface area contributed by atoms with E-state index in [2.05, 4.69) is 56.2 Å². The summed E-state index contributed by atoms with van der Waals surface area (Å²) in [5, 5.41) is 3.42. The molecule has 1 aromatic carbocycles. The molecule has 3 rings (SSSR count). The van der Waals surface area contributed by atoms with E-state index >= 15 is 0 Å². The largest absolute Gasteiger partial charge is 0.351 e. The van der Waals surface area contributed by atoms with E-state index in [0.717, 1.165) is 19.3 Å². The molecule has 2 atom stereocenters. The van der Waals surface area contributed by atoms with Crippen molar-refractivity contribution in [2.24, 2.45) is 10.9 Å². The number of aliphatic imine (C=N–C) groups is 1. The smallest absolute Gasteiger partial charge is 0.253 e. The molecule has 1 aromatic heterocycles. The van der Waals surface area contributed by atoms with Crippen LogP contribution in [0.2, 0.25) is 0 Å². The molecular weight excluding hydrogens is 329 g/mol. The summed E-state index contributed by atoms with van der Waals surface area (Å²) in [5.74, 6) is 1.10. The minimum Gasteiger partial charge on any atom is -0.351 e. The normalized spacial score (nSPS) is 20.6. The third kappa shape index (κ3) is 4.62. The fraction of sp³-hybridized carbons (Fsp3) is 0.500. The van der Waals surface area contributed by atoms with Gasteiger partial charge in [0.25, 0.3) is 5.95 Å². The quantitative estimate of drug-likeness (QED) is 0.768. The van der Waals surface area contributed by atoms with Crippen LogP contribution in [0.4, 0.5) is 16.3 Å². The van der Waals surface area contributed by atoms with E-state index in [1.54, 1.807) is 0 Å². The first kappa shape index (κ1) is 18.4. The number of alkyl halides is 1. The Morgan fingerprint density at radius 3 is 2.58 bits per heavy atom. The van der Waals surface area contributed by atoms with Gasteiger partial charge in [-0.25, -0.2) is 9.38 Å². The Bertz CT molecular complexity index is 742. The van der Waals surface area contributed by atoms with Crippen LogP contribution in [0, 0.1) is 5.92 Å². The van der Waals surface area contributed by atoms with Crippen LogP contribution >= 0.6 is 0 Å². The molecule has 1 aliphatic carbocycles. The summed E-state index contributed by atoms with van der Waals surface area (Å²) in [6.07, 6.45) is 5.62. The summed E-state index contributed by atoms with van der Waals surface area (Å²) >= 11 is 0. The number of hydrogen-bond donors (Lipinski definition) is 1. The molecule has 6 heteroatoms. The third-order valence-corrected chi connectivity index (χ3v) is 4.86. The number of halogens is 1. The number of benzene rings is 1. The Hall–Kier alpha value is -2.37. The van der Waals surface area contributed by atoms with Gasteiger partial charge in [0, 0.05) is 6.04 Å². The second-order valence-electron chi connectivity index (χ2n) is 7.40. The van der Waals surface area contributed by atoms with Gasteiger partial charge in [0.1, 0.15) is 0 Å². The summed E-state index contributed by atoms with van der Waals surface area (Å²) in [5.41, 5.74) is -0.324. The van der Waals surface area contributed by atoms with Crippen LogP contribution in [0.15, 0.2) is 35.3 Å². The fourth-order valence-electron chi connectivity index (χ4n) is 3.49. The lowest BCUT2D eigenvalue weighted by atomic mass is 9.81. The highest BCUT2D eigenvalue weighted by molar-refractivity contribution is 5.39. The lowest BCUT2D eigenvalue weighted by Gasteiger charge is -2.32. The lowest BCUT2D eigenvalue weighted by Crippen LogP contribution is -2.34. The highest BCUT2D eigenvalue weighted by Crippen LogP contribution is 2.30. The predicted molar refractivity (Wildman–Crippen MR) is 103 cm³/mol. The minimum atomic E-state index is -1.66. The molecule has 2 unspecified atom stereocenters. The standard InChI is InChI=1S/C20H26FN5/c1-20(2,21)17-24-18(22-3)26-19(25-17)23-16-12-8-7-11-15(16)13-14-9-5-4-6-10-14/h4-6,9-10,15-16H,3,7-8,11-13H2,1-2H3,(H,23,24,25,26). The molecule has 0 spiro atoms. The third-order valence-electron chi connectivity index (χ3n) is 4.86. The van der Waals surface area contributed by atoms with Gasteiger partial charge in [0.2, 0.25) is 5.95 Å². The molecule has 0 radical (unpaired) electrons. The highest BCUT2D eigenvalue weighted by Gasteiger charge is 2.28. The van der Waals surface area contributed by atoms with Crippen LogP contribution in [0.5, 0.6) is 0 Å². The highest BCUT2D eigenvalue weighted by atomic mass is 19.1. The van der Waals surface area contributed by atoms with Gasteiger partial charge < -0.3 is 5.32 Å². The Labute approximate surface area is 154 Å². The van der Waals surface area contributed by atoms with Gasteiger partial charge in [0.05, 0.1) is 0 Å². The van der Waals surface area contributed by atoms with Crippen LogP contribution < -0.4 is 5.32 Å². The molecular formula is C20H26FN5. The number of anilines is 1. The van der Waals surface area contributed by atoms with Crippen molar-refractivity contribution in [2.75, 3.05) is 5.32 Å². The summed E-state index contributed by atoms with van der Waals surface area (Å²) in [6, 6.07) is 10.8. The SMILES string of the molecule is C=Nc1nc(NC2CCCCC2Cc2ccccc2)nc(C(C)(C)F)n1. The van der Waals surface area contributed by atoms with E-state index in [1.807, 2.05) is 6.07 Å². The average molecular weight is 355 g/mol. The van der Waals surface area contributed by atoms with Crippen molar-refractivity contribution in [1.82, 2.24) is 15.0 Å². The molecule has 2 aromatic rings. The van der Waals surface area contributed by atoms with Gasteiger partial charge in [-0.3, -0.25) is 0 Å². The maximum Gasteiger partial charge on any atom is 0.253 e. The lowest BCUT2D eigenvalue weighted by molar-refractivity contribution is 0.206. The molecule has 0 bridgehead atoms. The Kier molecular flexibility index (Phi) is 5.59. The second kappa shape index (κ2) is 7.89. The molecule has 1 saturated carbocycles. The maximum absolute atomic E-state index is 14.3. The van der Waals surface area contributed by atoms with Gasteiger partial charge in [-0.2, -0.15) is 15.0 Å². The van der Waals surface area contributed by atoms with Crippen molar-refractivity contribution in [3.8, 4) is 0 Å². The van der Waals surface area contributed by atoms with Gasteiger partial charge in [-0.1, -0.05) is 43.2 Å². The van der Waals surface area contributed by atoms with Crippen molar-refractivity contribution < 1.29 is 4.39 Å². The predicted octanol–water partition coefficient (Wildman–Crippen LogP) is 4.62. The van der Waals surface area contributed by atoms with E-state index in [9.17, 15) is 4.39 Å². The van der Waals surface area contributed by atoms with Crippen LogP contribution in [0.1, 0.15) is 50.9 Å². The van der Waals surface area contributed by atoms with Crippen LogP contribution in [-0.2, 0) is 12.1 Å². The Morgan fingerprint density at radius 1 is 1.15 bits per heavy atom. The van der Waals surface area contributed by atoms with Gasteiger partial charge in [-0.15, -0.1) is 0 Å². The van der Waals surface area contributed by atoms with E-state index < -0.39 is 5.67 Å². The molecule has 1 fully saturated rings. The molecule has 1 heterocycles. The van der Waals surface area contributed by atoms with Crippen LogP contribution in [-0.4, -0.2) is 27.7 Å². The second-order valence-corrected chi connectivity index (χ2v) is 7.40. The van der Waals surface area contributed by atoms with Gasteiger partial charge >= 0.3 is 0 Å². The van der Waals surface area contributed by atoms with E-state index in [4.69, 9.17) is 0 Å². The Morgan fingerprint density at radius 2 is 1.88 bits per heavy atom.